The summed E-state index contributed by atoms with van der Waals surface area (Å²) < 4.78 is 11.9. The molecule has 0 aromatic heterocycles. The van der Waals surface area contributed by atoms with Gasteiger partial charge in [0.05, 0.1) is 5.69 Å². The highest BCUT2D eigenvalue weighted by Crippen LogP contribution is 2.35. The molecule has 0 radical (unpaired) electrons. The summed E-state index contributed by atoms with van der Waals surface area (Å²) in [5.74, 6) is 1.98. The Morgan fingerprint density at radius 2 is 1.39 bits per heavy atom. The van der Waals surface area contributed by atoms with Gasteiger partial charge in [0, 0.05) is 0 Å². The van der Waals surface area contributed by atoms with Crippen LogP contribution in [0.2, 0.25) is 0 Å². The van der Waals surface area contributed by atoms with Crippen LogP contribution >= 0.6 is 0 Å². The molecule has 3 rings (SSSR count). The zero-order chi connectivity index (χ0) is 16.1. The minimum absolute atomic E-state index is 0.491. The Bertz CT molecular complexity index is 785. The number of benzene rings is 3. The van der Waals surface area contributed by atoms with Crippen LogP contribution in [0.1, 0.15) is 11.1 Å². The Morgan fingerprint density at radius 1 is 0.739 bits per heavy atom. The van der Waals surface area contributed by atoms with Crippen molar-refractivity contribution in [3.63, 3.8) is 0 Å². The third-order valence-corrected chi connectivity index (χ3v) is 3.59. The van der Waals surface area contributed by atoms with E-state index in [2.05, 4.69) is 0 Å². The third kappa shape index (κ3) is 3.64. The largest absolute Gasteiger partial charge is 0.485 e. The lowest BCUT2D eigenvalue weighted by Gasteiger charge is -2.14. The number of ether oxygens (including phenoxy) is 2. The maximum Gasteiger partial charge on any atom is 0.169 e. The van der Waals surface area contributed by atoms with Crippen molar-refractivity contribution >= 4 is 5.69 Å². The first kappa shape index (κ1) is 15.0. The van der Waals surface area contributed by atoms with Crippen molar-refractivity contribution in [2.45, 2.75) is 13.5 Å². The summed E-state index contributed by atoms with van der Waals surface area (Å²) >= 11 is 0. The molecular weight excluding hydrogens is 286 g/mol. The monoisotopic (exact) mass is 305 g/mol. The van der Waals surface area contributed by atoms with Gasteiger partial charge < -0.3 is 15.2 Å². The van der Waals surface area contributed by atoms with Crippen LogP contribution in [-0.4, -0.2) is 0 Å². The summed E-state index contributed by atoms with van der Waals surface area (Å²) in [7, 11) is 0. The summed E-state index contributed by atoms with van der Waals surface area (Å²) in [5.41, 5.74) is 8.82. The Hall–Kier alpha value is -2.94. The number of anilines is 1. The minimum Gasteiger partial charge on any atom is -0.485 e. The first-order valence-electron chi connectivity index (χ1n) is 7.53. The molecule has 23 heavy (non-hydrogen) atoms. The van der Waals surface area contributed by atoms with E-state index < -0.39 is 0 Å². The van der Waals surface area contributed by atoms with Gasteiger partial charge in [-0.2, -0.15) is 0 Å². The molecule has 3 aromatic rings. The molecule has 0 amide bonds. The second-order valence-electron chi connectivity index (χ2n) is 5.31. The van der Waals surface area contributed by atoms with Crippen molar-refractivity contribution in [1.82, 2.24) is 0 Å². The van der Waals surface area contributed by atoms with Crippen LogP contribution in [0.5, 0.6) is 17.2 Å². The lowest BCUT2D eigenvalue weighted by molar-refractivity contribution is 0.291. The van der Waals surface area contributed by atoms with E-state index in [1.165, 1.54) is 0 Å². The fourth-order valence-electron chi connectivity index (χ4n) is 2.25. The van der Waals surface area contributed by atoms with E-state index in [1.54, 1.807) is 0 Å². The predicted molar refractivity (Wildman–Crippen MR) is 92.9 cm³/mol. The molecule has 3 heteroatoms. The molecule has 0 saturated heterocycles. The number of para-hydroxylation sites is 3. The van der Waals surface area contributed by atoms with Gasteiger partial charge in [0.15, 0.2) is 17.2 Å². The van der Waals surface area contributed by atoms with Crippen LogP contribution in [0, 0.1) is 6.92 Å². The van der Waals surface area contributed by atoms with E-state index in [-0.39, 0.29) is 0 Å². The molecule has 0 fully saturated rings. The molecular formula is C20H19NO2. The third-order valence-electron chi connectivity index (χ3n) is 3.59. The molecule has 0 heterocycles. The summed E-state index contributed by atoms with van der Waals surface area (Å²) in [6.07, 6.45) is 0. The average molecular weight is 305 g/mol. The van der Waals surface area contributed by atoms with E-state index >= 15 is 0 Å². The first-order chi connectivity index (χ1) is 11.2. The zero-order valence-corrected chi connectivity index (χ0v) is 13.0. The average Bonchev–Trinajstić information content (AvgIpc) is 2.59. The molecule has 0 unspecified atom stereocenters. The van der Waals surface area contributed by atoms with Crippen molar-refractivity contribution in [2.75, 3.05) is 5.73 Å². The van der Waals surface area contributed by atoms with Gasteiger partial charge in [0.25, 0.3) is 0 Å². The van der Waals surface area contributed by atoms with Gasteiger partial charge in [0.2, 0.25) is 0 Å². The molecule has 0 aliphatic rings. The Labute approximate surface area is 136 Å². The van der Waals surface area contributed by atoms with Crippen LogP contribution in [0.25, 0.3) is 0 Å². The van der Waals surface area contributed by atoms with E-state index in [4.69, 9.17) is 15.2 Å². The van der Waals surface area contributed by atoms with E-state index in [9.17, 15) is 0 Å². The normalized spacial score (nSPS) is 10.3. The van der Waals surface area contributed by atoms with Crippen molar-refractivity contribution in [1.29, 1.82) is 0 Å². The highest BCUT2D eigenvalue weighted by molar-refractivity contribution is 5.59. The highest BCUT2D eigenvalue weighted by Gasteiger charge is 2.09. The van der Waals surface area contributed by atoms with E-state index in [0.29, 0.717) is 29.5 Å². The van der Waals surface area contributed by atoms with Crippen molar-refractivity contribution in [2.24, 2.45) is 0 Å². The SMILES string of the molecule is Cc1cccc(Oc2ccccc2OCc2ccccc2)c1N. The fourth-order valence-corrected chi connectivity index (χ4v) is 2.25. The van der Waals surface area contributed by atoms with Crippen LogP contribution < -0.4 is 15.2 Å². The van der Waals surface area contributed by atoms with E-state index in [1.807, 2.05) is 79.7 Å². The van der Waals surface area contributed by atoms with Crippen molar-refractivity contribution < 1.29 is 9.47 Å². The Balaban J connectivity index is 1.79. The lowest BCUT2D eigenvalue weighted by atomic mass is 10.2. The highest BCUT2D eigenvalue weighted by atomic mass is 16.5. The number of rotatable bonds is 5. The summed E-state index contributed by atoms with van der Waals surface area (Å²) in [5, 5.41) is 0. The standard InChI is InChI=1S/C20H19NO2/c1-15-8-7-13-19(20(15)21)23-18-12-6-5-11-17(18)22-14-16-9-3-2-4-10-16/h2-13H,14,21H2,1H3. The molecule has 3 nitrogen and oxygen atoms in total. The fraction of sp³-hybridized carbons (Fsp3) is 0.100. The smallest absolute Gasteiger partial charge is 0.169 e. The van der Waals surface area contributed by atoms with E-state index in [0.717, 1.165) is 11.1 Å². The van der Waals surface area contributed by atoms with Crippen LogP contribution in [0.15, 0.2) is 72.8 Å². The molecule has 0 aliphatic heterocycles. The maximum absolute atomic E-state index is 6.08. The van der Waals surface area contributed by atoms with Gasteiger partial charge in [-0.1, -0.05) is 54.6 Å². The van der Waals surface area contributed by atoms with Gasteiger partial charge >= 0.3 is 0 Å². The topological polar surface area (TPSA) is 44.5 Å². The zero-order valence-electron chi connectivity index (χ0n) is 13.0. The summed E-state index contributed by atoms with van der Waals surface area (Å²) in [6, 6.07) is 23.4. The minimum atomic E-state index is 0.491. The van der Waals surface area contributed by atoms with Gasteiger partial charge in [-0.25, -0.2) is 0 Å². The van der Waals surface area contributed by atoms with Gasteiger partial charge in [0.1, 0.15) is 6.61 Å². The van der Waals surface area contributed by atoms with Crippen LogP contribution in [0.4, 0.5) is 5.69 Å². The second kappa shape index (κ2) is 6.88. The maximum atomic E-state index is 6.08. The number of nitrogen functional groups attached to an aromatic ring is 1. The van der Waals surface area contributed by atoms with Crippen LogP contribution in [-0.2, 0) is 6.61 Å². The molecule has 0 atom stereocenters. The second-order valence-corrected chi connectivity index (χ2v) is 5.31. The molecule has 3 aromatic carbocycles. The quantitative estimate of drug-likeness (QED) is 0.678. The Kier molecular flexibility index (Phi) is 4.48. The van der Waals surface area contributed by atoms with Crippen molar-refractivity contribution in [3.8, 4) is 17.2 Å². The molecule has 0 spiro atoms. The summed E-state index contributed by atoms with van der Waals surface area (Å²) in [4.78, 5) is 0. The summed E-state index contributed by atoms with van der Waals surface area (Å²) in [6.45, 7) is 2.45. The Morgan fingerprint density at radius 3 is 2.17 bits per heavy atom. The first-order valence-corrected chi connectivity index (χ1v) is 7.53. The number of nitrogens with two attached hydrogens (primary N) is 1. The lowest BCUT2D eigenvalue weighted by Crippen LogP contribution is -1.99. The van der Waals surface area contributed by atoms with Gasteiger partial charge in [-0.05, 0) is 36.2 Å². The van der Waals surface area contributed by atoms with Gasteiger partial charge in [-0.15, -0.1) is 0 Å². The number of hydrogen-bond acceptors (Lipinski definition) is 3. The number of aryl methyl sites for hydroxylation is 1. The number of hydrogen-bond donors (Lipinski definition) is 1. The molecule has 0 bridgehead atoms. The van der Waals surface area contributed by atoms with Crippen LogP contribution in [0.3, 0.4) is 0 Å². The van der Waals surface area contributed by atoms with Gasteiger partial charge in [-0.3, -0.25) is 0 Å². The molecule has 116 valence electrons. The van der Waals surface area contributed by atoms with Crippen molar-refractivity contribution in [3.05, 3.63) is 83.9 Å². The molecule has 0 saturated carbocycles. The molecule has 0 aliphatic carbocycles. The predicted octanol–water partition coefficient (Wildman–Crippen LogP) is 4.95. The molecule has 2 N–H and O–H groups in total.